The van der Waals surface area contributed by atoms with E-state index in [9.17, 15) is 0 Å². The number of rotatable bonds is 5. The molecule has 0 aliphatic carbocycles. The zero-order valence-electron chi connectivity index (χ0n) is 12.1. The monoisotopic (exact) mass is 297 g/mol. The van der Waals surface area contributed by atoms with E-state index in [4.69, 9.17) is 4.99 Å². The minimum absolute atomic E-state index is 0. The molecule has 0 spiro atoms. The minimum atomic E-state index is 0. The third kappa shape index (κ3) is 3.35. The first kappa shape index (κ1) is 16.6. The maximum absolute atomic E-state index is 5.11. The van der Waals surface area contributed by atoms with Crippen LogP contribution < -0.4 is 0 Å². The highest BCUT2D eigenvalue weighted by molar-refractivity contribution is 8.14. The molecule has 0 bridgehead atoms. The van der Waals surface area contributed by atoms with Crippen LogP contribution in [0.3, 0.4) is 0 Å². The fourth-order valence-electron chi connectivity index (χ4n) is 2.61. The highest BCUT2D eigenvalue weighted by atomic mass is 35.5. The van der Waals surface area contributed by atoms with Gasteiger partial charge in [0.2, 0.25) is 0 Å². The van der Waals surface area contributed by atoms with E-state index < -0.39 is 0 Å². The Balaban J connectivity index is 0.00000180. The van der Waals surface area contributed by atoms with Crippen LogP contribution in [0, 0.1) is 0 Å². The quantitative estimate of drug-likeness (QED) is 0.667. The molecule has 0 amide bonds. The van der Waals surface area contributed by atoms with Crippen LogP contribution in [0.4, 0.5) is 0 Å². The van der Waals surface area contributed by atoms with Gasteiger partial charge in [0.1, 0.15) is 0 Å². The summed E-state index contributed by atoms with van der Waals surface area (Å²) in [7, 11) is 0. The molecule has 1 aromatic carbocycles. The zero-order chi connectivity index (χ0) is 13.0. The molecule has 0 radical (unpaired) electrons. The molecule has 1 aromatic rings. The van der Waals surface area contributed by atoms with Crippen LogP contribution in [0.2, 0.25) is 0 Å². The summed E-state index contributed by atoms with van der Waals surface area (Å²) in [6.07, 6.45) is 5.81. The molecule has 0 saturated heterocycles. The third-order valence-electron chi connectivity index (χ3n) is 3.87. The lowest BCUT2D eigenvalue weighted by atomic mass is 9.85. The molecular formula is C16H24ClNS. The van der Waals surface area contributed by atoms with Gasteiger partial charge in [-0.05, 0) is 37.3 Å². The predicted octanol–water partition coefficient (Wildman–Crippen LogP) is 5.82. The number of aliphatic imine (C=N–C) groups is 1. The van der Waals surface area contributed by atoms with Gasteiger partial charge >= 0.3 is 0 Å². The van der Waals surface area contributed by atoms with Crippen LogP contribution in [-0.2, 0) is 5.54 Å². The standard InChI is InChI=1S/C16H23NS.ClH/c1-4-7-12-15-17-16(5-2,6-3)13-10-8-9-11-14(13)18-15;/h8-11H,4-7,12H2,1-3H3;1H. The summed E-state index contributed by atoms with van der Waals surface area (Å²) in [6.45, 7) is 6.77. The Morgan fingerprint density at radius 1 is 1.11 bits per heavy atom. The van der Waals surface area contributed by atoms with Gasteiger partial charge in [-0.25, -0.2) is 0 Å². The van der Waals surface area contributed by atoms with Crippen molar-refractivity contribution in [2.45, 2.75) is 63.3 Å². The molecule has 1 aliphatic heterocycles. The maximum atomic E-state index is 5.11. The van der Waals surface area contributed by atoms with Crippen molar-refractivity contribution < 1.29 is 0 Å². The lowest BCUT2D eigenvalue weighted by molar-refractivity contribution is 0.407. The Hall–Kier alpha value is -0.470. The average molecular weight is 298 g/mol. The predicted molar refractivity (Wildman–Crippen MR) is 88.8 cm³/mol. The number of unbranched alkanes of at least 4 members (excludes halogenated alkanes) is 1. The summed E-state index contributed by atoms with van der Waals surface area (Å²) in [4.78, 5) is 6.53. The molecule has 0 aromatic heterocycles. The van der Waals surface area contributed by atoms with Crippen LogP contribution in [-0.4, -0.2) is 5.04 Å². The highest BCUT2D eigenvalue weighted by Gasteiger charge is 2.34. The first-order chi connectivity index (χ1) is 8.75. The fraction of sp³-hybridized carbons (Fsp3) is 0.562. The van der Waals surface area contributed by atoms with E-state index >= 15 is 0 Å². The average Bonchev–Trinajstić information content (AvgIpc) is 2.44. The number of thioether (sulfide) groups is 1. The van der Waals surface area contributed by atoms with Gasteiger partial charge in [-0.3, -0.25) is 4.99 Å². The Morgan fingerprint density at radius 2 is 1.79 bits per heavy atom. The second-order valence-electron chi connectivity index (χ2n) is 4.95. The second kappa shape index (κ2) is 7.35. The maximum Gasteiger partial charge on any atom is 0.0871 e. The van der Waals surface area contributed by atoms with E-state index in [0.717, 1.165) is 19.3 Å². The second-order valence-corrected chi connectivity index (χ2v) is 6.06. The van der Waals surface area contributed by atoms with Crippen molar-refractivity contribution in [2.24, 2.45) is 4.99 Å². The number of nitrogens with zero attached hydrogens (tertiary/aromatic N) is 1. The molecule has 0 saturated carbocycles. The van der Waals surface area contributed by atoms with E-state index in [1.807, 2.05) is 11.8 Å². The first-order valence-electron chi connectivity index (χ1n) is 7.11. The zero-order valence-corrected chi connectivity index (χ0v) is 13.7. The number of benzene rings is 1. The van der Waals surface area contributed by atoms with Gasteiger partial charge in [-0.1, -0.05) is 57.2 Å². The van der Waals surface area contributed by atoms with Gasteiger partial charge in [0.15, 0.2) is 0 Å². The van der Waals surface area contributed by atoms with Crippen molar-refractivity contribution in [1.82, 2.24) is 0 Å². The van der Waals surface area contributed by atoms with Gasteiger partial charge in [-0.2, -0.15) is 0 Å². The Labute approximate surface area is 127 Å². The van der Waals surface area contributed by atoms with Crippen LogP contribution >= 0.6 is 24.2 Å². The van der Waals surface area contributed by atoms with E-state index in [2.05, 4.69) is 45.0 Å². The summed E-state index contributed by atoms with van der Waals surface area (Å²) in [5.74, 6) is 0. The van der Waals surface area contributed by atoms with Crippen molar-refractivity contribution >= 4 is 29.2 Å². The lowest BCUT2D eigenvalue weighted by Crippen LogP contribution is -2.27. The first-order valence-corrected chi connectivity index (χ1v) is 7.93. The van der Waals surface area contributed by atoms with Crippen molar-refractivity contribution in [2.75, 3.05) is 0 Å². The van der Waals surface area contributed by atoms with Gasteiger partial charge in [0, 0.05) is 4.90 Å². The molecule has 19 heavy (non-hydrogen) atoms. The van der Waals surface area contributed by atoms with E-state index in [1.54, 1.807) is 0 Å². The number of fused-ring (bicyclic) bond motifs is 1. The molecule has 1 heterocycles. The van der Waals surface area contributed by atoms with Gasteiger partial charge in [-0.15, -0.1) is 12.4 Å². The van der Waals surface area contributed by atoms with Crippen LogP contribution in [0.15, 0.2) is 34.2 Å². The molecule has 106 valence electrons. The summed E-state index contributed by atoms with van der Waals surface area (Å²) >= 11 is 1.88. The van der Waals surface area contributed by atoms with Crippen molar-refractivity contribution in [1.29, 1.82) is 0 Å². The lowest BCUT2D eigenvalue weighted by Gasteiger charge is -2.34. The van der Waals surface area contributed by atoms with Crippen LogP contribution in [0.1, 0.15) is 58.4 Å². The van der Waals surface area contributed by atoms with Gasteiger partial charge in [0.05, 0.1) is 10.6 Å². The highest BCUT2D eigenvalue weighted by Crippen LogP contribution is 2.44. The smallest absolute Gasteiger partial charge is 0.0871 e. The number of hydrogen-bond donors (Lipinski definition) is 0. The van der Waals surface area contributed by atoms with E-state index in [-0.39, 0.29) is 17.9 Å². The normalized spacial score (nSPS) is 16.3. The molecule has 0 fully saturated rings. The molecule has 0 unspecified atom stereocenters. The van der Waals surface area contributed by atoms with Gasteiger partial charge in [0.25, 0.3) is 0 Å². The van der Waals surface area contributed by atoms with E-state index in [0.29, 0.717) is 0 Å². The summed E-state index contributed by atoms with van der Waals surface area (Å²) in [5.41, 5.74) is 1.46. The Bertz CT molecular complexity index is 438. The fourth-order valence-corrected chi connectivity index (χ4v) is 3.85. The topological polar surface area (TPSA) is 12.4 Å². The molecule has 1 aliphatic rings. The summed E-state index contributed by atoms with van der Waals surface area (Å²) in [6, 6.07) is 8.80. The molecule has 2 rings (SSSR count). The molecular weight excluding hydrogens is 274 g/mol. The molecule has 1 nitrogen and oxygen atoms in total. The molecule has 0 N–H and O–H groups in total. The Morgan fingerprint density at radius 3 is 2.42 bits per heavy atom. The Kier molecular flexibility index (Phi) is 6.41. The summed E-state index contributed by atoms with van der Waals surface area (Å²) in [5, 5.41) is 1.33. The van der Waals surface area contributed by atoms with Crippen molar-refractivity contribution in [3.05, 3.63) is 29.8 Å². The van der Waals surface area contributed by atoms with Crippen molar-refractivity contribution in [3.63, 3.8) is 0 Å². The summed E-state index contributed by atoms with van der Waals surface area (Å²) < 4.78 is 0. The van der Waals surface area contributed by atoms with Crippen molar-refractivity contribution in [3.8, 4) is 0 Å². The van der Waals surface area contributed by atoms with Crippen LogP contribution in [0.25, 0.3) is 0 Å². The molecule has 0 atom stereocenters. The SMILES string of the molecule is CCCCC1=NC(CC)(CC)c2ccccc2S1.Cl. The minimum Gasteiger partial charge on any atom is -0.271 e. The van der Waals surface area contributed by atoms with Gasteiger partial charge < -0.3 is 0 Å². The van der Waals surface area contributed by atoms with E-state index in [1.165, 1.54) is 28.3 Å². The molecule has 3 heteroatoms. The largest absolute Gasteiger partial charge is 0.271 e. The van der Waals surface area contributed by atoms with Crippen LogP contribution in [0.5, 0.6) is 0 Å². The number of halogens is 1. The number of hydrogen-bond acceptors (Lipinski definition) is 2. The third-order valence-corrected chi connectivity index (χ3v) is 4.98.